The van der Waals surface area contributed by atoms with Gasteiger partial charge in [-0.25, -0.2) is 4.98 Å². The van der Waals surface area contributed by atoms with E-state index >= 15 is 0 Å². The lowest BCUT2D eigenvalue weighted by atomic mass is 9.98. The van der Waals surface area contributed by atoms with Gasteiger partial charge in [0.15, 0.2) is 0 Å². The predicted molar refractivity (Wildman–Crippen MR) is 87.7 cm³/mol. The second kappa shape index (κ2) is 6.26. The van der Waals surface area contributed by atoms with Crippen molar-refractivity contribution in [3.63, 3.8) is 0 Å². The summed E-state index contributed by atoms with van der Waals surface area (Å²) in [5.41, 5.74) is 0.411. The summed E-state index contributed by atoms with van der Waals surface area (Å²) in [6.45, 7) is 8.61. The fraction of sp³-hybridized carbons (Fsp3) is 0.500. The summed E-state index contributed by atoms with van der Waals surface area (Å²) in [6, 6.07) is 7.88. The van der Waals surface area contributed by atoms with Crippen molar-refractivity contribution < 1.29 is 5.11 Å². The molecular weight excluding hydrogens is 264 g/mol. The molecule has 0 aliphatic rings. The molecule has 2 rings (SSSR count). The Hall–Kier alpha value is -1.88. The third-order valence-corrected chi connectivity index (χ3v) is 3.62. The van der Waals surface area contributed by atoms with Crippen LogP contribution in [-0.2, 0) is 0 Å². The van der Waals surface area contributed by atoms with Gasteiger partial charge in [0.05, 0.1) is 17.2 Å². The number of hydrogen-bond acceptors (Lipinski definition) is 5. The van der Waals surface area contributed by atoms with Crippen molar-refractivity contribution in [2.24, 2.45) is 0 Å². The summed E-state index contributed by atoms with van der Waals surface area (Å²) < 4.78 is 0. The number of fused-ring (bicyclic) bond motifs is 1. The van der Waals surface area contributed by atoms with Gasteiger partial charge in [-0.1, -0.05) is 19.1 Å². The van der Waals surface area contributed by atoms with Gasteiger partial charge < -0.3 is 15.7 Å². The summed E-state index contributed by atoms with van der Waals surface area (Å²) in [5.74, 6) is 1.35. The maximum absolute atomic E-state index is 9.90. The molecule has 1 aromatic heterocycles. The zero-order valence-corrected chi connectivity index (χ0v) is 13.1. The lowest BCUT2D eigenvalue weighted by Crippen LogP contribution is -2.42. The normalized spacial score (nSPS) is 13.2. The minimum absolute atomic E-state index is 0.473. The molecule has 1 unspecified atom stereocenters. The van der Waals surface area contributed by atoms with E-state index in [1.54, 1.807) is 6.92 Å². The van der Waals surface area contributed by atoms with Crippen molar-refractivity contribution in [3.8, 4) is 0 Å². The monoisotopic (exact) mass is 288 g/mol. The van der Waals surface area contributed by atoms with E-state index in [0.29, 0.717) is 5.95 Å². The molecule has 0 aliphatic heterocycles. The number of aliphatic hydroxyl groups excluding tert-OH is 1. The highest BCUT2D eigenvalue weighted by molar-refractivity contribution is 5.90. The van der Waals surface area contributed by atoms with Crippen LogP contribution in [0.1, 0.15) is 34.1 Å². The fourth-order valence-corrected chi connectivity index (χ4v) is 1.90. The van der Waals surface area contributed by atoms with Crippen molar-refractivity contribution >= 4 is 22.7 Å². The Labute approximate surface area is 125 Å². The molecule has 0 spiro atoms. The standard InChI is InChI=1S/C16H24N4O/c1-5-10-17-15-18-13-9-7-6-8-12(13)14(19-15)20-16(3,4)11(2)21/h6-9,11,21H,5,10H2,1-4H3,(H2,17,18,19,20). The van der Waals surface area contributed by atoms with Gasteiger partial charge in [0, 0.05) is 11.9 Å². The van der Waals surface area contributed by atoms with Crippen LogP contribution in [0.15, 0.2) is 24.3 Å². The number of nitrogens with one attached hydrogen (secondary N) is 2. The van der Waals surface area contributed by atoms with Crippen LogP contribution in [0.5, 0.6) is 0 Å². The summed E-state index contributed by atoms with van der Waals surface area (Å²) in [7, 11) is 0. The second-order valence-corrected chi connectivity index (χ2v) is 5.86. The first-order chi connectivity index (χ1) is 9.94. The van der Waals surface area contributed by atoms with E-state index < -0.39 is 11.6 Å². The Morgan fingerprint density at radius 3 is 2.62 bits per heavy atom. The molecule has 21 heavy (non-hydrogen) atoms. The molecule has 1 atom stereocenters. The first-order valence-corrected chi connectivity index (χ1v) is 7.41. The molecule has 0 bridgehead atoms. The highest BCUT2D eigenvalue weighted by Gasteiger charge is 2.25. The van der Waals surface area contributed by atoms with Crippen LogP contribution in [0.25, 0.3) is 10.9 Å². The maximum atomic E-state index is 9.90. The molecule has 0 amide bonds. The lowest BCUT2D eigenvalue weighted by molar-refractivity contribution is 0.133. The molecule has 0 saturated carbocycles. The molecule has 1 heterocycles. The average molecular weight is 288 g/mol. The molecule has 114 valence electrons. The van der Waals surface area contributed by atoms with Gasteiger partial charge >= 0.3 is 0 Å². The first-order valence-electron chi connectivity index (χ1n) is 7.41. The Kier molecular flexibility index (Phi) is 4.63. The molecule has 5 heteroatoms. The van der Waals surface area contributed by atoms with Gasteiger partial charge in [0.1, 0.15) is 5.82 Å². The van der Waals surface area contributed by atoms with E-state index in [2.05, 4.69) is 27.5 Å². The van der Waals surface area contributed by atoms with E-state index in [1.165, 1.54) is 0 Å². The third kappa shape index (κ3) is 3.61. The molecule has 0 fully saturated rings. The third-order valence-electron chi connectivity index (χ3n) is 3.62. The van der Waals surface area contributed by atoms with Crippen LogP contribution in [0.2, 0.25) is 0 Å². The molecule has 0 saturated heterocycles. The number of aromatic nitrogens is 2. The smallest absolute Gasteiger partial charge is 0.225 e. The number of aliphatic hydroxyl groups is 1. The van der Waals surface area contributed by atoms with Crippen LogP contribution in [0.4, 0.5) is 11.8 Å². The van der Waals surface area contributed by atoms with Crippen LogP contribution in [-0.4, -0.2) is 33.3 Å². The number of anilines is 2. The van der Waals surface area contributed by atoms with E-state index in [1.807, 2.05) is 38.1 Å². The Bertz CT molecular complexity index is 610. The van der Waals surface area contributed by atoms with E-state index in [-0.39, 0.29) is 0 Å². The quantitative estimate of drug-likeness (QED) is 0.762. The van der Waals surface area contributed by atoms with Crippen molar-refractivity contribution in [2.45, 2.75) is 45.8 Å². The molecule has 3 N–H and O–H groups in total. The van der Waals surface area contributed by atoms with E-state index in [9.17, 15) is 5.11 Å². The van der Waals surface area contributed by atoms with Crippen LogP contribution in [0, 0.1) is 0 Å². The minimum atomic E-state index is -0.502. The van der Waals surface area contributed by atoms with Crippen LogP contribution < -0.4 is 10.6 Å². The summed E-state index contributed by atoms with van der Waals surface area (Å²) in [4.78, 5) is 9.09. The summed E-state index contributed by atoms with van der Waals surface area (Å²) in [5, 5.41) is 17.4. The van der Waals surface area contributed by atoms with Gasteiger partial charge in [-0.15, -0.1) is 0 Å². The fourth-order valence-electron chi connectivity index (χ4n) is 1.90. The number of para-hydroxylation sites is 1. The number of nitrogens with zero attached hydrogens (tertiary/aromatic N) is 2. The van der Waals surface area contributed by atoms with Gasteiger partial charge in [0.25, 0.3) is 0 Å². The van der Waals surface area contributed by atoms with Gasteiger partial charge in [-0.2, -0.15) is 4.98 Å². The Morgan fingerprint density at radius 1 is 1.24 bits per heavy atom. The van der Waals surface area contributed by atoms with Gasteiger partial charge in [0.2, 0.25) is 5.95 Å². The summed E-state index contributed by atoms with van der Waals surface area (Å²) in [6.07, 6.45) is 0.510. The maximum Gasteiger partial charge on any atom is 0.225 e. The van der Waals surface area contributed by atoms with Crippen molar-refractivity contribution in [2.75, 3.05) is 17.2 Å². The van der Waals surface area contributed by atoms with Crippen LogP contribution in [0.3, 0.4) is 0 Å². The number of benzene rings is 1. The molecule has 1 aromatic carbocycles. The van der Waals surface area contributed by atoms with Crippen molar-refractivity contribution in [1.29, 1.82) is 0 Å². The van der Waals surface area contributed by atoms with Crippen molar-refractivity contribution in [3.05, 3.63) is 24.3 Å². The molecule has 0 aliphatic carbocycles. The average Bonchev–Trinajstić information content (AvgIpc) is 2.44. The number of rotatable bonds is 6. The topological polar surface area (TPSA) is 70.1 Å². The van der Waals surface area contributed by atoms with Gasteiger partial charge in [-0.3, -0.25) is 0 Å². The summed E-state index contributed by atoms with van der Waals surface area (Å²) >= 11 is 0. The van der Waals surface area contributed by atoms with Crippen LogP contribution >= 0.6 is 0 Å². The highest BCUT2D eigenvalue weighted by atomic mass is 16.3. The molecule has 0 radical (unpaired) electrons. The minimum Gasteiger partial charge on any atom is -0.391 e. The molecular formula is C16H24N4O. The van der Waals surface area contributed by atoms with Crippen molar-refractivity contribution in [1.82, 2.24) is 9.97 Å². The zero-order chi connectivity index (χ0) is 15.5. The number of hydrogen-bond donors (Lipinski definition) is 3. The van der Waals surface area contributed by atoms with Gasteiger partial charge in [-0.05, 0) is 39.3 Å². The molecule has 2 aromatic rings. The van der Waals surface area contributed by atoms with E-state index in [4.69, 9.17) is 0 Å². The SMILES string of the molecule is CCCNc1nc(NC(C)(C)C(C)O)c2ccccc2n1. The molecule has 5 nitrogen and oxygen atoms in total. The Balaban J connectivity index is 2.44. The predicted octanol–water partition coefficient (Wildman–Crippen LogP) is 3.02. The first kappa shape index (κ1) is 15.5. The van der Waals surface area contributed by atoms with E-state index in [0.717, 1.165) is 29.7 Å². The second-order valence-electron chi connectivity index (χ2n) is 5.86. The zero-order valence-electron chi connectivity index (χ0n) is 13.1. The highest BCUT2D eigenvalue weighted by Crippen LogP contribution is 2.25. The lowest BCUT2D eigenvalue weighted by Gasteiger charge is -2.30. The largest absolute Gasteiger partial charge is 0.391 e. The Morgan fingerprint density at radius 2 is 1.95 bits per heavy atom.